The third kappa shape index (κ3) is 2.61. The molecule has 1 heterocycles. The van der Waals surface area contributed by atoms with E-state index in [1.165, 1.54) is 0 Å². The van der Waals surface area contributed by atoms with Crippen molar-refractivity contribution in [3.63, 3.8) is 0 Å². The first-order valence-corrected chi connectivity index (χ1v) is 5.27. The van der Waals surface area contributed by atoms with E-state index in [2.05, 4.69) is 10.6 Å². The third-order valence-corrected chi connectivity index (χ3v) is 2.63. The number of carbonyl (C=O) groups excluding carboxylic acids is 2. The Morgan fingerprint density at radius 3 is 2.59 bits per heavy atom. The minimum absolute atomic E-state index is 0.221. The van der Waals surface area contributed by atoms with Crippen LogP contribution in [0.4, 0.5) is 5.69 Å². The summed E-state index contributed by atoms with van der Waals surface area (Å²) in [6.45, 7) is 0.420. The van der Waals surface area contributed by atoms with Crippen molar-refractivity contribution in [1.82, 2.24) is 5.32 Å². The van der Waals surface area contributed by atoms with E-state index < -0.39 is 0 Å². The number of anilines is 1. The highest BCUT2D eigenvalue weighted by Crippen LogP contribution is 2.14. The molecule has 0 radical (unpaired) electrons. The Labute approximate surface area is 98.4 Å². The number of nitrogens with one attached hydrogen (secondary N) is 2. The highest BCUT2D eigenvalue weighted by atomic mass is 16.2. The van der Waals surface area contributed by atoms with E-state index in [1.807, 2.05) is 6.07 Å². The zero-order valence-corrected chi connectivity index (χ0v) is 9.06. The van der Waals surface area contributed by atoms with Gasteiger partial charge in [0.1, 0.15) is 0 Å². The van der Waals surface area contributed by atoms with Gasteiger partial charge in [0.2, 0.25) is 11.8 Å². The Kier molecular flexibility index (Phi) is 3.06. The summed E-state index contributed by atoms with van der Waals surface area (Å²) in [5.41, 5.74) is 1.42. The van der Waals surface area contributed by atoms with Crippen molar-refractivity contribution in [2.45, 2.75) is 6.42 Å². The van der Waals surface area contributed by atoms with Crippen LogP contribution in [-0.2, 0) is 9.59 Å². The molecule has 1 aliphatic heterocycles. The first kappa shape index (κ1) is 11.1. The van der Waals surface area contributed by atoms with Crippen molar-refractivity contribution in [1.29, 1.82) is 5.26 Å². The van der Waals surface area contributed by atoms with Gasteiger partial charge in [-0.2, -0.15) is 5.26 Å². The fourth-order valence-electron chi connectivity index (χ4n) is 1.68. The summed E-state index contributed by atoms with van der Waals surface area (Å²) in [7, 11) is 0. The molecule has 1 aliphatic rings. The average molecular weight is 229 g/mol. The number of amides is 2. The topological polar surface area (TPSA) is 82.0 Å². The van der Waals surface area contributed by atoms with Crippen LogP contribution in [0.3, 0.4) is 0 Å². The monoisotopic (exact) mass is 229 g/mol. The summed E-state index contributed by atoms with van der Waals surface area (Å²) in [4.78, 5) is 22.3. The Morgan fingerprint density at radius 2 is 2.06 bits per heavy atom. The smallest absolute Gasteiger partial charge is 0.231 e. The summed E-state index contributed by atoms with van der Waals surface area (Å²) < 4.78 is 0. The second-order valence-electron chi connectivity index (χ2n) is 3.88. The Bertz CT molecular complexity index is 487. The van der Waals surface area contributed by atoms with Gasteiger partial charge in [-0.25, -0.2) is 0 Å². The van der Waals surface area contributed by atoms with Gasteiger partial charge in [-0.3, -0.25) is 14.9 Å². The molecule has 2 amide bonds. The Balaban J connectivity index is 1.92. The number of hydrogen-bond acceptors (Lipinski definition) is 4. The number of carbonyl (C=O) groups is 2. The van der Waals surface area contributed by atoms with E-state index in [0.29, 0.717) is 12.1 Å². The van der Waals surface area contributed by atoms with Crippen LogP contribution >= 0.6 is 0 Å². The quantitative estimate of drug-likeness (QED) is 0.745. The molecule has 1 aromatic carbocycles. The number of hydrogen-bond donors (Lipinski definition) is 2. The fourth-order valence-corrected chi connectivity index (χ4v) is 1.68. The minimum Gasteiger partial charge on any atom is -0.384 e. The van der Waals surface area contributed by atoms with Gasteiger partial charge >= 0.3 is 0 Å². The molecular formula is C12H11N3O2. The molecule has 86 valence electrons. The number of benzene rings is 1. The summed E-state index contributed by atoms with van der Waals surface area (Å²) in [6, 6.07) is 8.96. The molecule has 1 aromatic rings. The van der Waals surface area contributed by atoms with Crippen molar-refractivity contribution in [3.8, 4) is 6.07 Å². The van der Waals surface area contributed by atoms with Crippen molar-refractivity contribution in [2.75, 3.05) is 11.9 Å². The van der Waals surface area contributed by atoms with Gasteiger partial charge in [0.25, 0.3) is 0 Å². The van der Waals surface area contributed by atoms with Gasteiger partial charge in [0.15, 0.2) is 0 Å². The van der Waals surface area contributed by atoms with Crippen LogP contribution in [0, 0.1) is 17.2 Å². The largest absolute Gasteiger partial charge is 0.384 e. The lowest BCUT2D eigenvalue weighted by Crippen LogP contribution is -2.25. The number of nitrogens with zero attached hydrogens (tertiary/aromatic N) is 1. The standard InChI is InChI=1S/C12H11N3O2/c13-6-8-1-3-10(4-2-8)14-7-9-5-11(16)15-12(9)17/h1-4,9,14H,5,7H2,(H,15,16,17). The molecule has 0 aliphatic carbocycles. The van der Waals surface area contributed by atoms with Crippen molar-refractivity contribution in [3.05, 3.63) is 29.8 Å². The SMILES string of the molecule is N#Cc1ccc(NCC2CC(=O)NC2=O)cc1. The van der Waals surface area contributed by atoms with Crippen LogP contribution in [0.25, 0.3) is 0 Å². The third-order valence-electron chi connectivity index (χ3n) is 2.63. The average Bonchev–Trinajstić information content (AvgIpc) is 2.66. The molecule has 1 atom stereocenters. The maximum absolute atomic E-state index is 11.3. The normalized spacial score (nSPS) is 18.6. The van der Waals surface area contributed by atoms with Crippen molar-refractivity contribution >= 4 is 17.5 Å². The number of rotatable bonds is 3. The van der Waals surface area contributed by atoms with Gasteiger partial charge in [0.05, 0.1) is 17.6 Å². The Hall–Kier alpha value is -2.35. The van der Waals surface area contributed by atoms with Crippen LogP contribution in [0.5, 0.6) is 0 Å². The lowest BCUT2D eigenvalue weighted by molar-refractivity contribution is -0.125. The maximum Gasteiger partial charge on any atom is 0.231 e. The summed E-state index contributed by atoms with van der Waals surface area (Å²) in [6.07, 6.45) is 0.238. The molecule has 0 spiro atoms. The van der Waals surface area contributed by atoms with E-state index in [1.54, 1.807) is 24.3 Å². The predicted molar refractivity (Wildman–Crippen MR) is 60.9 cm³/mol. The van der Waals surface area contributed by atoms with Crippen LogP contribution < -0.4 is 10.6 Å². The molecule has 5 heteroatoms. The highest BCUT2D eigenvalue weighted by molar-refractivity contribution is 6.03. The van der Waals surface area contributed by atoms with Gasteiger partial charge in [-0.05, 0) is 24.3 Å². The van der Waals surface area contributed by atoms with Crippen LogP contribution in [0.1, 0.15) is 12.0 Å². The molecule has 0 bridgehead atoms. The van der Waals surface area contributed by atoms with Gasteiger partial charge in [0, 0.05) is 18.7 Å². The van der Waals surface area contributed by atoms with Gasteiger partial charge < -0.3 is 5.32 Å². The lowest BCUT2D eigenvalue weighted by atomic mass is 10.1. The molecule has 2 rings (SSSR count). The van der Waals surface area contributed by atoms with Crippen LogP contribution in [0.15, 0.2) is 24.3 Å². The first-order valence-electron chi connectivity index (χ1n) is 5.27. The molecular weight excluding hydrogens is 218 g/mol. The molecule has 1 fully saturated rings. The summed E-state index contributed by atoms with van der Waals surface area (Å²) in [5, 5.41) is 14.0. The van der Waals surface area contributed by atoms with E-state index >= 15 is 0 Å². The molecule has 1 saturated heterocycles. The predicted octanol–water partition coefficient (Wildman–Crippen LogP) is 0.633. The fraction of sp³-hybridized carbons (Fsp3) is 0.250. The number of imide groups is 1. The second kappa shape index (κ2) is 4.66. The molecule has 0 aromatic heterocycles. The molecule has 17 heavy (non-hydrogen) atoms. The zero-order valence-electron chi connectivity index (χ0n) is 9.06. The summed E-state index contributed by atoms with van der Waals surface area (Å²) in [5.74, 6) is -0.754. The zero-order chi connectivity index (χ0) is 12.3. The highest BCUT2D eigenvalue weighted by Gasteiger charge is 2.29. The van der Waals surface area contributed by atoms with E-state index in [0.717, 1.165) is 5.69 Å². The van der Waals surface area contributed by atoms with Crippen LogP contribution in [-0.4, -0.2) is 18.4 Å². The molecule has 2 N–H and O–H groups in total. The minimum atomic E-state index is -0.307. The lowest BCUT2D eigenvalue weighted by Gasteiger charge is -2.09. The molecule has 0 saturated carbocycles. The molecule has 5 nitrogen and oxygen atoms in total. The summed E-state index contributed by atoms with van der Waals surface area (Å²) >= 11 is 0. The first-order chi connectivity index (χ1) is 8.19. The Morgan fingerprint density at radius 1 is 1.35 bits per heavy atom. The van der Waals surface area contributed by atoms with Crippen LogP contribution in [0.2, 0.25) is 0 Å². The molecule has 1 unspecified atom stereocenters. The van der Waals surface area contributed by atoms with Crippen molar-refractivity contribution in [2.24, 2.45) is 5.92 Å². The van der Waals surface area contributed by atoms with Gasteiger partial charge in [-0.1, -0.05) is 0 Å². The van der Waals surface area contributed by atoms with Crippen molar-refractivity contribution < 1.29 is 9.59 Å². The second-order valence-corrected chi connectivity index (χ2v) is 3.88. The van der Waals surface area contributed by atoms with E-state index in [9.17, 15) is 9.59 Å². The van der Waals surface area contributed by atoms with Gasteiger partial charge in [-0.15, -0.1) is 0 Å². The number of nitriles is 1. The maximum atomic E-state index is 11.3. The van der Waals surface area contributed by atoms with E-state index in [4.69, 9.17) is 5.26 Å². The van der Waals surface area contributed by atoms with E-state index in [-0.39, 0.29) is 24.2 Å².